The Morgan fingerprint density at radius 2 is 1.78 bits per heavy atom. The van der Waals surface area contributed by atoms with E-state index in [1.165, 1.54) is 12.7 Å². The van der Waals surface area contributed by atoms with Crippen molar-refractivity contribution in [3.05, 3.63) is 89.0 Å². The largest absolute Gasteiger partial charge is 0.495 e. The van der Waals surface area contributed by atoms with E-state index in [2.05, 4.69) is 31.3 Å². The lowest BCUT2D eigenvalue weighted by Crippen LogP contribution is -2.49. The van der Waals surface area contributed by atoms with Crippen LogP contribution in [0.3, 0.4) is 0 Å². The molecule has 6 nitrogen and oxygen atoms in total. The summed E-state index contributed by atoms with van der Waals surface area (Å²) in [5.41, 5.74) is 2.87. The van der Waals surface area contributed by atoms with Crippen molar-refractivity contribution in [3.8, 4) is 5.75 Å². The van der Waals surface area contributed by atoms with Crippen LogP contribution in [0.4, 0.5) is 25.0 Å². The Kier molecular flexibility index (Phi) is 7.52. The highest BCUT2D eigenvalue weighted by Gasteiger charge is 2.29. The third kappa shape index (κ3) is 5.48. The number of anilines is 2. The molecule has 3 amide bonds. The summed E-state index contributed by atoms with van der Waals surface area (Å²) < 4.78 is 32.7. The van der Waals surface area contributed by atoms with E-state index in [-0.39, 0.29) is 11.6 Å². The van der Waals surface area contributed by atoms with Gasteiger partial charge in [0.05, 0.1) is 18.4 Å². The highest BCUT2D eigenvalue weighted by atomic mass is 19.1. The molecule has 1 heterocycles. The first kappa shape index (κ1) is 25.2. The maximum atomic E-state index is 14.0. The zero-order valence-corrected chi connectivity index (χ0v) is 20.6. The molecule has 0 spiro atoms. The molecular formula is C28H29F2N3O3. The molecule has 0 saturated carbocycles. The molecule has 36 heavy (non-hydrogen) atoms. The van der Waals surface area contributed by atoms with Gasteiger partial charge in [0.2, 0.25) is 0 Å². The van der Waals surface area contributed by atoms with Crippen LogP contribution in [-0.4, -0.2) is 37.0 Å². The molecule has 3 aromatic rings. The minimum absolute atomic E-state index is 0.166. The molecule has 0 bridgehead atoms. The van der Waals surface area contributed by atoms with E-state index >= 15 is 0 Å². The molecule has 0 radical (unpaired) electrons. The monoisotopic (exact) mass is 493 g/mol. The number of methoxy groups -OCH3 is 1. The molecule has 0 unspecified atom stereocenters. The number of rotatable bonds is 7. The summed E-state index contributed by atoms with van der Waals surface area (Å²) in [7, 11) is 1.51. The summed E-state index contributed by atoms with van der Waals surface area (Å²) in [6, 6.07) is 15.7. The summed E-state index contributed by atoms with van der Waals surface area (Å²) in [6.45, 7) is 5.88. The molecule has 1 aliphatic rings. The average molecular weight is 494 g/mol. The highest BCUT2D eigenvalue weighted by Crippen LogP contribution is 2.34. The number of hydrogen-bond donors (Lipinski definition) is 1. The lowest BCUT2D eigenvalue weighted by molar-refractivity contribution is 0.102. The molecule has 0 aliphatic carbocycles. The molecular weight excluding hydrogens is 464 g/mol. The van der Waals surface area contributed by atoms with Gasteiger partial charge in [0.25, 0.3) is 5.91 Å². The van der Waals surface area contributed by atoms with E-state index in [0.29, 0.717) is 48.7 Å². The second-order valence-corrected chi connectivity index (χ2v) is 9.07. The molecule has 188 valence electrons. The maximum absolute atomic E-state index is 14.0. The zero-order valence-electron chi connectivity index (χ0n) is 20.6. The topological polar surface area (TPSA) is 61.9 Å². The second-order valence-electron chi connectivity index (χ2n) is 9.07. The normalized spacial score (nSPS) is 13.8. The standard InChI is InChI=1S/C28H29F2N3O3/c1-18(2)20-7-5-19(6-8-20)17-32-13-4-14-33(28(32)35)25-16-22(10-12-26(25)36-3)31-27(34)23-11-9-21(29)15-24(23)30/h5-12,15-16,18H,4,13-14,17H2,1-3H3,(H,31,34). The Hall–Kier alpha value is -3.94. The summed E-state index contributed by atoms with van der Waals surface area (Å²) >= 11 is 0. The fourth-order valence-corrected chi connectivity index (χ4v) is 4.23. The van der Waals surface area contributed by atoms with Gasteiger partial charge in [0, 0.05) is 31.4 Å². The zero-order chi connectivity index (χ0) is 25.8. The Balaban J connectivity index is 1.54. The van der Waals surface area contributed by atoms with Crippen LogP contribution in [0.2, 0.25) is 0 Å². The minimum atomic E-state index is -0.954. The van der Waals surface area contributed by atoms with Crippen LogP contribution in [-0.2, 0) is 6.54 Å². The lowest BCUT2D eigenvalue weighted by Gasteiger charge is -2.36. The van der Waals surface area contributed by atoms with Crippen molar-refractivity contribution in [1.29, 1.82) is 0 Å². The number of carbonyl (C=O) groups is 2. The lowest BCUT2D eigenvalue weighted by atomic mass is 10.0. The van der Waals surface area contributed by atoms with Gasteiger partial charge in [-0.2, -0.15) is 0 Å². The number of carbonyl (C=O) groups excluding carboxylic acids is 2. The van der Waals surface area contributed by atoms with Gasteiger partial charge in [0.1, 0.15) is 17.4 Å². The van der Waals surface area contributed by atoms with Crippen LogP contribution in [0.1, 0.15) is 47.7 Å². The van der Waals surface area contributed by atoms with Gasteiger partial charge in [-0.25, -0.2) is 13.6 Å². The van der Waals surface area contributed by atoms with E-state index in [9.17, 15) is 18.4 Å². The van der Waals surface area contributed by atoms with Gasteiger partial charge >= 0.3 is 6.03 Å². The maximum Gasteiger partial charge on any atom is 0.324 e. The van der Waals surface area contributed by atoms with Crippen molar-refractivity contribution in [3.63, 3.8) is 0 Å². The van der Waals surface area contributed by atoms with E-state index in [0.717, 1.165) is 24.1 Å². The van der Waals surface area contributed by atoms with Crippen LogP contribution in [0.25, 0.3) is 0 Å². The number of ether oxygens (including phenoxy) is 1. The van der Waals surface area contributed by atoms with E-state index < -0.39 is 17.5 Å². The Bertz CT molecular complexity index is 1260. The molecule has 4 rings (SSSR count). The molecule has 1 saturated heterocycles. The van der Waals surface area contributed by atoms with Crippen LogP contribution in [0.15, 0.2) is 60.7 Å². The molecule has 0 aromatic heterocycles. The number of halogens is 2. The van der Waals surface area contributed by atoms with Crippen LogP contribution >= 0.6 is 0 Å². The fourth-order valence-electron chi connectivity index (χ4n) is 4.23. The fraction of sp³-hybridized carbons (Fsp3) is 0.286. The SMILES string of the molecule is COc1ccc(NC(=O)c2ccc(F)cc2F)cc1N1CCCN(Cc2ccc(C(C)C)cc2)C1=O. The number of benzene rings is 3. The summed E-state index contributed by atoms with van der Waals surface area (Å²) in [6.07, 6.45) is 0.760. The predicted molar refractivity (Wildman–Crippen MR) is 136 cm³/mol. The average Bonchev–Trinajstić information content (AvgIpc) is 2.85. The van der Waals surface area contributed by atoms with Crippen LogP contribution < -0.4 is 15.0 Å². The van der Waals surface area contributed by atoms with Crippen molar-refractivity contribution < 1.29 is 23.1 Å². The Labute approximate surface area is 209 Å². The first-order valence-electron chi connectivity index (χ1n) is 11.9. The number of amides is 3. The Morgan fingerprint density at radius 1 is 1.03 bits per heavy atom. The summed E-state index contributed by atoms with van der Waals surface area (Å²) in [4.78, 5) is 29.4. The second kappa shape index (κ2) is 10.8. The number of urea groups is 1. The van der Waals surface area contributed by atoms with Gasteiger partial charge in [0.15, 0.2) is 0 Å². The molecule has 1 N–H and O–H groups in total. The Morgan fingerprint density at radius 3 is 2.44 bits per heavy atom. The molecule has 0 atom stereocenters. The van der Waals surface area contributed by atoms with Crippen molar-refractivity contribution >= 4 is 23.3 Å². The highest BCUT2D eigenvalue weighted by molar-refractivity contribution is 6.05. The van der Waals surface area contributed by atoms with Gasteiger partial charge in [-0.15, -0.1) is 0 Å². The van der Waals surface area contributed by atoms with Gasteiger partial charge in [-0.05, 0) is 53.8 Å². The van der Waals surface area contributed by atoms with E-state index in [1.54, 1.807) is 28.0 Å². The van der Waals surface area contributed by atoms with E-state index in [4.69, 9.17) is 4.74 Å². The quantitative estimate of drug-likeness (QED) is 0.428. The van der Waals surface area contributed by atoms with Crippen molar-refractivity contribution in [1.82, 2.24) is 4.90 Å². The molecule has 1 fully saturated rings. The van der Waals surface area contributed by atoms with Gasteiger partial charge in [-0.1, -0.05) is 38.1 Å². The number of nitrogens with zero attached hydrogens (tertiary/aromatic N) is 2. The number of hydrogen-bond acceptors (Lipinski definition) is 3. The van der Waals surface area contributed by atoms with Crippen molar-refractivity contribution in [2.24, 2.45) is 0 Å². The minimum Gasteiger partial charge on any atom is -0.495 e. The molecule has 1 aliphatic heterocycles. The third-order valence-electron chi connectivity index (χ3n) is 6.23. The van der Waals surface area contributed by atoms with Gasteiger partial charge < -0.3 is 15.0 Å². The third-order valence-corrected chi connectivity index (χ3v) is 6.23. The van der Waals surface area contributed by atoms with Gasteiger partial charge in [-0.3, -0.25) is 9.69 Å². The van der Waals surface area contributed by atoms with E-state index in [1.807, 2.05) is 12.1 Å². The summed E-state index contributed by atoms with van der Waals surface area (Å²) in [5.74, 6) is -1.53. The van der Waals surface area contributed by atoms with Crippen LogP contribution in [0, 0.1) is 11.6 Å². The summed E-state index contributed by atoms with van der Waals surface area (Å²) in [5, 5.41) is 2.62. The smallest absolute Gasteiger partial charge is 0.324 e. The van der Waals surface area contributed by atoms with Crippen molar-refractivity contribution in [2.75, 3.05) is 30.4 Å². The first-order chi connectivity index (χ1) is 17.3. The first-order valence-corrected chi connectivity index (χ1v) is 11.9. The van der Waals surface area contributed by atoms with Crippen LogP contribution in [0.5, 0.6) is 5.75 Å². The number of nitrogens with one attached hydrogen (secondary N) is 1. The molecule has 8 heteroatoms. The molecule has 3 aromatic carbocycles. The van der Waals surface area contributed by atoms with Crippen molar-refractivity contribution in [2.45, 2.75) is 32.7 Å². The predicted octanol–water partition coefficient (Wildman–Crippen LogP) is 6.18.